The zero-order chi connectivity index (χ0) is 19.3. The molecule has 2 atom stereocenters. The number of hydrogen-bond acceptors (Lipinski definition) is 4. The molecular weight excluding hydrogens is 328 g/mol. The van der Waals surface area contributed by atoms with Crippen molar-refractivity contribution < 1.29 is 19.1 Å². The molecule has 144 valence electrons. The van der Waals surface area contributed by atoms with Gasteiger partial charge in [-0.15, -0.1) is 0 Å². The number of rotatable bonds is 6. The molecule has 0 heterocycles. The van der Waals surface area contributed by atoms with E-state index in [4.69, 9.17) is 9.47 Å². The van der Waals surface area contributed by atoms with Crippen LogP contribution < -0.4 is 0 Å². The normalized spacial score (nSPS) is 23.6. The van der Waals surface area contributed by atoms with Crippen molar-refractivity contribution in [2.24, 2.45) is 17.8 Å². The van der Waals surface area contributed by atoms with E-state index in [1.54, 1.807) is 0 Å². The van der Waals surface area contributed by atoms with Crippen LogP contribution in [0.2, 0.25) is 0 Å². The smallest absolute Gasteiger partial charge is 0.309 e. The van der Waals surface area contributed by atoms with Gasteiger partial charge in [0.15, 0.2) is 0 Å². The Kier molecular flexibility index (Phi) is 7.24. The van der Waals surface area contributed by atoms with Crippen molar-refractivity contribution in [3.63, 3.8) is 0 Å². The van der Waals surface area contributed by atoms with Crippen LogP contribution in [0, 0.1) is 17.8 Å². The maximum absolute atomic E-state index is 12.1. The minimum Gasteiger partial charge on any atom is -0.469 e. The lowest BCUT2D eigenvalue weighted by molar-refractivity contribution is -0.150. The second kappa shape index (κ2) is 9.20. The Labute approximate surface area is 157 Å². The Morgan fingerprint density at radius 1 is 0.885 bits per heavy atom. The average molecular weight is 360 g/mol. The zero-order valence-corrected chi connectivity index (χ0v) is 16.7. The van der Waals surface area contributed by atoms with Gasteiger partial charge in [0, 0.05) is 5.92 Å². The number of esters is 2. The second-order valence-electron chi connectivity index (χ2n) is 7.77. The molecule has 0 aliphatic heterocycles. The first-order chi connectivity index (χ1) is 12.4. The molecule has 1 aromatic carbocycles. The van der Waals surface area contributed by atoms with Gasteiger partial charge in [-0.3, -0.25) is 9.59 Å². The van der Waals surface area contributed by atoms with Crippen LogP contribution in [0.5, 0.6) is 0 Å². The van der Waals surface area contributed by atoms with E-state index in [0.29, 0.717) is 5.92 Å². The van der Waals surface area contributed by atoms with Crippen LogP contribution in [0.4, 0.5) is 0 Å². The summed E-state index contributed by atoms with van der Waals surface area (Å²) in [6.45, 7) is 5.95. The number of ether oxygens (including phenoxy) is 2. The highest BCUT2D eigenvalue weighted by molar-refractivity contribution is 5.77. The van der Waals surface area contributed by atoms with Crippen molar-refractivity contribution in [2.75, 3.05) is 14.2 Å². The molecule has 2 rings (SSSR count). The van der Waals surface area contributed by atoms with Crippen molar-refractivity contribution in [1.29, 1.82) is 0 Å². The largest absolute Gasteiger partial charge is 0.469 e. The van der Waals surface area contributed by atoms with Gasteiger partial charge < -0.3 is 9.47 Å². The van der Waals surface area contributed by atoms with Crippen LogP contribution in [0.15, 0.2) is 24.3 Å². The molecule has 1 fully saturated rings. The van der Waals surface area contributed by atoms with Gasteiger partial charge >= 0.3 is 11.9 Å². The predicted molar refractivity (Wildman–Crippen MR) is 102 cm³/mol. The Bertz CT molecular complexity index is 577. The minimum absolute atomic E-state index is 0.268. The fourth-order valence-corrected chi connectivity index (χ4v) is 4.26. The first kappa shape index (κ1) is 20.5. The molecule has 0 bridgehead atoms. The second-order valence-corrected chi connectivity index (χ2v) is 7.77. The van der Waals surface area contributed by atoms with Crippen LogP contribution in [-0.4, -0.2) is 26.2 Å². The summed E-state index contributed by atoms with van der Waals surface area (Å²) < 4.78 is 9.83. The predicted octanol–water partition coefficient (Wildman–Crippen LogP) is 4.68. The minimum atomic E-state index is -0.421. The lowest BCUT2D eigenvalue weighted by Crippen LogP contribution is -2.30. The SMILES string of the molecule is COC(=O)C(C)C(c1ccc(C2CCC(C)CC2)cc1)C(C)C(=O)OC. The third kappa shape index (κ3) is 4.66. The molecule has 26 heavy (non-hydrogen) atoms. The maximum Gasteiger partial charge on any atom is 0.309 e. The monoisotopic (exact) mass is 360 g/mol. The molecule has 0 spiro atoms. The highest BCUT2D eigenvalue weighted by atomic mass is 16.5. The van der Waals surface area contributed by atoms with E-state index < -0.39 is 11.8 Å². The molecular formula is C22H32O4. The number of methoxy groups -OCH3 is 2. The van der Waals surface area contributed by atoms with Crippen molar-refractivity contribution in [3.8, 4) is 0 Å². The summed E-state index contributed by atoms with van der Waals surface area (Å²) >= 11 is 0. The van der Waals surface area contributed by atoms with E-state index in [1.807, 2.05) is 13.8 Å². The summed E-state index contributed by atoms with van der Waals surface area (Å²) in [6, 6.07) is 8.46. The Morgan fingerprint density at radius 3 is 1.77 bits per heavy atom. The highest BCUT2D eigenvalue weighted by Gasteiger charge is 2.35. The first-order valence-electron chi connectivity index (χ1n) is 9.64. The molecule has 1 aliphatic carbocycles. The van der Waals surface area contributed by atoms with Crippen molar-refractivity contribution in [2.45, 2.75) is 58.3 Å². The Balaban J connectivity index is 2.24. The fourth-order valence-electron chi connectivity index (χ4n) is 4.26. The summed E-state index contributed by atoms with van der Waals surface area (Å²) in [5, 5.41) is 0. The van der Waals surface area contributed by atoms with Crippen molar-refractivity contribution in [3.05, 3.63) is 35.4 Å². The quantitative estimate of drug-likeness (QED) is 0.691. The maximum atomic E-state index is 12.1. The number of carbonyl (C=O) groups excluding carboxylic acids is 2. The lowest BCUT2D eigenvalue weighted by atomic mass is 9.76. The third-order valence-corrected chi connectivity index (χ3v) is 6.03. The third-order valence-electron chi connectivity index (χ3n) is 6.03. The number of hydrogen-bond donors (Lipinski definition) is 0. The fraction of sp³-hybridized carbons (Fsp3) is 0.636. The summed E-state index contributed by atoms with van der Waals surface area (Å²) in [5.41, 5.74) is 2.34. The number of carbonyl (C=O) groups is 2. The van der Waals surface area contributed by atoms with Gasteiger partial charge in [0.05, 0.1) is 26.1 Å². The van der Waals surface area contributed by atoms with Gasteiger partial charge in [-0.05, 0) is 35.8 Å². The molecule has 0 aromatic heterocycles. The average Bonchev–Trinajstić information content (AvgIpc) is 2.67. The van der Waals surface area contributed by atoms with Gasteiger partial charge in [-0.1, -0.05) is 57.9 Å². The van der Waals surface area contributed by atoms with Crippen LogP contribution in [0.1, 0.15) is 69.4 Å². The van der Waals surface area contributed by atoms with E-state index in [2.05, 4.69) is 31.2 Å². The highest BCUT2D eigenvalue weighted by Crippen LogP contribution is 2.38. The van der Waals surface area contributed by atoms with E-state index in [1.165, 1.54) is 45.5 Å². The van der Waals surface area contributed by atoms with Crippen molar-refractivity contribution >= 4 is 11.9 Å². The molecule has 1 saturated carbocycles. The molecule has 1 aromatic rings. The van der Waals surface area contributed by atoms with Crippen LogP contribution in [0.3, 0.4) is 0 Å². The van der Waals surface area contributed by atoms with E-state index >= 15 is 0 Å². The summed E-state index contributed by atoms with van der Waals surface area (Å²) in [5.74, 6) is -0.278. The molecule has 0 amide bonds. The van der Waals surface area contributed by atoms with Gasteiger partial charge in [0.25, 0.3) is 0 Å². The molecule has 0 N–H and O–H groups in total. The molecule has 1 aliphatic rings. The molecule has 0 saturated heterocycles. The van der Waals surface area contributed by atoms with Crippen molar-refractivity contribution in [1.82, 2.24) is 0 Å². The summed E-state index contributed by atoms with van der Waals surface area (Å²) in [4.78, 5) is 24.2. The van der Waals surface area contributed by atoms with E-state index in [0.717, 1.165) is 11.5 Å². The molecule has 0 radical (unpaired) electrons. The van der Waals surface area contributed by atoms with E-state index in [-0.39, 0.29) is 17.9 Å². The standard InChI is InChI=1S/C22H32O4/c1-14-6-8-17(9-7-14)18-10-12-19(13-11-18)20(15(2)21(23)25-4)16(3)22(24)26-5/h10-17,20H,6-9H2,1-5H3. The van der Waals surface area contributed by atoms with Crippen LogP contribution in [0.25, 0.3) is 0 Å². The van der Waals surface area contributed by atoms with Gasteiger partial charge in [-0.25, -0.2) is 0 Å². The number of benzene rings is 1. The topological polar surface area (TPSA) is 52.6 Å². The molecule has 4 heteroatoms. The van der Waals surface area contributed by atoms with Gasteiger partial charge in [0.1, 0.15) is 0 Å². The first-order valence-corrected chi connectivity index (χ1v) is 9.64. The molecule has 4 nitrogen and oxygen atoms in total. The molecule has 2 unspecified atom stereocenters. The van der Waals surface area contributed by atoms with E-state index in [9.17, 15) is 9.59 Å². The Hall–Kier alpha value is -1.84. The lowest BCUT2D eigenvalue weighted by Gasteiger charge is -2.29. The Morgan fingerprint density at radius 2 is 1.35 bits per heavy atom. The van der Waals surface area contributed by atoms with Crippen LogP contribution in [-0.2, 0) is 19.1 Å². The zero-order valence-electron chi connectivity index (χ0n) is 16.7. The summed E-state index contributed by atoms with van der Waals surface area (Å²) in [7, 11) is 2.76. The van der Waals surface area contributed by atoms with Crippen LogP contribution >= 0.6 is 0 Å². The van der Waals surface area contributed by atoms with Gasteiger partial charge in [-0.2, -0.15) is 0 Å². The van der Waals surface area contributed by atoms with Gasteiger partial charge in [0.2, 0.25) is 0 Å². The summed E-state index contributed by atoms with van der Waals surface area (Å²) in [6.07, 6.45) is 5.05.